The van der Waals surface area contributed by atoms with Gasteiger partial charge in [-0.2, -0.15) is 0 Å². The lowest BCUT2D eigenvalue weighted by molar-refractivity contribution is -0.137. The highest BCUT2D eigenvalue weighted by Crippen LogP contribution is 2.25. The molecule has 0 bridgehead atoms. The third-order valence-electron chi connectivity index (χ3n) is 4.32. The summed E-state index contributed by atoms with van der Waals surface area (Å²) in [6.45, 7) is 1.37. The number of hydrogen-bond acceptors (Lipinski definition) is 4. The number of aromatic nitrogens is 3. The van der Waals surface area contributed by atoms with Crippen molar-refractivity contribution in [2.24, 2.45) is 0 Å². The van der Waals surface area contributed by atoms with Gasteiger partial charge in [0.15, 0.2) is 0 Å². The summed E-state index contributed by atoms with van der Waals surface area (Å²) in [5.41, 5.74) is 1.92. The van der Waals surface area contributed by atoms with E-state index in [1.54, 1.807) is 0 Å². The molecular weight excluding hydrogens is 296 g/mol. The molecular formula is C16H20N4O3. The topological polar surface area (TPSA) is 88.3 Å². The Hall–Kier alpha value is -2.44. The minimum Gasteiger partial charge on any atom is -0.481 e. The second kappa shape index (κ2) is 6.76. The Morgan fingerprint density at radius 1 is 1.17 bits per heavy atom. The summed E-state index contributed by atoms with van der Waals surface area (Å²) < 4.78 is 1.96. The average molecular weight is 316 g/mol. The first-order valence-electron chi connectivity index (χ1n) is 7.94. The van der Waals surface area contributed by atoms with E-state index in [9.17, 15) is 9.59 Å². The van der Waals surface area contributed by atoms with Crippen LogP contribution in [-0.4, -0.2) is 50.0 Å². The zero-order valence-corrected chi connectivity index (χ0v) is 12.9. The number of rotatable bonds is 5. The molecule has 1 aliphatic heterocycles. The summed E-state index contributed by atoms with van der Waals surface area (Å²) >= 11 is 0. The van der Waals surface area contributed by atoms with Crippen LogP contribution >= 0.6 is 0 Å². The molecule has 1 N–H and O–H groups in total. The van der Waals surface area contributed by atoms with Crippen molar-refractivity contribution < 1.29 is 14.7 Å². The van der Waals surface area contributed by atoms with E-state index in [1.165, 1.54) is 0 Å². The first-order chi connectivity index (χ1) is 11.1. The molecule has 7 nitrogen and oxygen atoms in total. The number of amides is 1. The number of carboxylic acid groups (broad SMARTS) is 1. The predicted octanol–water partition coefficient (Wildman–Crippen LogP) is 1.85. The second-order valence-corrected chi connectivity index (χ2v) is 5.88. The Morgan fingerprint density at radius 3 is 2.65 bits per heavy atom. The third kappa shape index (κ3) is 3.49. The normalized spacial score (nSPS) is 15.9. The largest absolute Gasteiger partial charge is 0.481 e. The van der Waals surface area contributed by atoms with E-state index in [1.807, 2.05) is 33.8 Å². The summed E-state index contributed by atoms with van der Waals surface area (Å²) in [7, 11) is 0. The van der Waals surface area contributed by atoms with E-state index in [0.717, 1.165) is 23.9 Å². The highest BCUT2D eigenvalue weighted by atomic mass is 16.4. The Morgan fingerprint density at radius 2 is 1.91 bits per heavy atom. The lowest BCUT2D eigenvalue weighted by atomic mass is 10.0. The number of likely N-dealkylation sites (tertiary alicyclic amines) is 1. The van der Waals surface area contributed by atoms with Gasteiger partial charge in [-0.15, -0.1) is 5.10 Å². The number of hydrogen-bond donors (Lipinski definition) is 1. The van der Waals surface area contributed by atoms with Gasteiger partial charge in [0.05, 0.1) is 11.6 Å². The zero-order chi connectivity index (χ0) is 16.2. The first kappa shape index (κ1) is 15.5. The molecule has 1 aromatic heterocycles. The SMILES string of the molecule is O=C(O)CCCC(=O)N1CCC(n2nnc3ccccc32)CC1. The van der Waals surface area contributed by atoms with Crippen LogP contribution in [0.5, 0.6) is 0 Å². The zero-order valence-electron chi connectivity index (χ0n) is 12.9. The molecule has 0 saturated carbocycles. The maximum absolute atomic E-state index is 12.1. The molecule has 2 heterocycles. The van der Waals surface area contributed by atoms with E-state index in [-0.39, 0.29) is 18.4 Å². The van der Waals surface area contributed by atoms with Crippen molar-refractivity contribution in [2.45, 2.75) is 38.1 Å². The van der Waals surface area contributed by atoms with Gasteiger partial charge in [0.1, 0.15) is 5.52 Å². The molecule has 1 fully saturated rings. The Kier molecular flexibility index (Phi) is 4.55. The molecule has 2 aromatic rings. The van der Waals surface area contributed by atoms with Crippen LogP contribution in [0.2, 0.25) is 0 Å². The molecule has 0 radical (unpaired) electrons. The van der Waals surface area contributed by atoms with Crippen molar-refractivity contribution in [1.29, 1.82) is 0 Å². The van der Waals surface area contributed by atoms with E-state index in [4.69, 9.17) is 5.11 Å². The lowest BCUT2D eigenvalue weighted by Gasteiger charge is -2.32. The van der Waals surface area contributed by atoms with Crippen molar-refractivity contribution in [3.05, 3.63) is 24.3 Å². The van der Waals surface area contributed by atoms with Crippen LogP contribution in [0.15, 0.2) is 24.3 Å². The number of carbonyl (C=O) groups excluding carboxylic acids is 1. The molecule has 23 heavy (non-hydrogen) atoms. The summed E-state index contributed by atoms with van der Waals surface area (Å²) in [6.07, 6.45) is 2.45. The van der Waals surface area contributed by atoms with Crippen molar-refractivity contribution in [1.82, 2.24) is 19.9 Å². The van der Waals surface area contributed by atoms with Crippen LogP contribution in [0.1, 0.15) is 38.1 Å². The fourth-order valence-corrected chi connectivity index (χ4v) is 3.07. The van der Waals surface area contributed by atoms with Gasteiger partial charge >= 0.3 is 5.97 Å². The summed E-state index contributed by atoms with van der Waals surface area (Å²) in [5.74, 6) is -0.803. The van der Waals surface area contributed by atoms with E-state index in [0.29, 0.717) is 25.9 Å². The number of benzene rings is 1. The molecule has 0 atom stereocenters. The summed E-state index contributed by atoms with van der Waals surface area (Å²) in [4.78, 5) is 24.4. The van der Waals surface area contributed by atoms with Gasteiger partial charge < -0.3 is 10.0 Å². The standard InChI is InChI=1S/C16H20N4O3/c21-15(6-3-7-16(22)23)19-10-8-12(9-11-19)20-14-5-2-1-4-13(14)17-18-20/h1-2,4-5,12H,3,6-11H2,(H,22,23). The number of piperidine rings is 1. The molecule has 0 aliphatic carbocycles. The number of carbonyl (C=O) groups is 2. The summed E-state index contributed by atoms with van der Waals surface area (Å²) in [5, 5.41) is 17.1. The first-order valence-corrected chi connectivity index (χ1v) is 7.94. The van der Waals surface area contributed by atoms with E-state index >= 15 is 0 Å². The Balaban J connectivity index is 1.56. The molecule has 1 amide bonds. The van der Waals surface area contributed by atoms with Crippen LogP contribution in [0.3, 0.4) is 0 Å². The number of para-hydroxylation sites is 1. The molecule has 3 rings (SSSR count). The molecule has 1 saturated heterocycles. The van der Waals surface area contributed by atoms with Gasteiger partial charge in [0.2, 0.25) is 5.91 Å². The predicted molar refractivity (Wildman–Crippen MR) is 83.9 cm³/mol. The number of fused-ring (bicyclic) bond motifs is 1. The van der Waals surface area contributed by atoms with E-state index in [2.05, 4.69) is 10.3 Å². The van der Waals surface area contributed by atoms with Crippen LogP contribution in [0, 0.1) is 0 Å². The maximum atomic E-state index is 12.1. The number of aliphatic carboxylic acids is 1. The number of nitrogens with zero attached hydrogens (tertiary/aromatic N) is 4. The molecule has 7 heteroatoms. The van der Waals surface area contributed by atoms with Crippen LogP contribution in [0.25, 0.3) is 11.0 Å². The van der Waals surface area contributed by atoms with Gasteiger partial charge in [-0.3, -0.25) is 9.59 Å². The third-order valence-corrected chi connectivity index (χ3v) is 4.32. The van der Waals surface area contributed by atoms with Crippen LogP contribution in [-0.2, 0) is 9.59 Å². The molecule has 122 valence electrons. The van der Waals surface area contributed by atoms with Crippen molar-refractivity contribution in [3.63, 3.8) is 0 Å². The fourth-order valence-electron chi connectivity index (χ4n) is 3.07. The quantitative estimate of drug-likeness (QED) is 0.909. The average Bonchev–Trinajstić information content (AvgIpc) is 2.98. The van der Waals surface area contributed by atoms with Gasteiger partial charge in [-0.05, 0) is 31.4 Å². The van der Waals surface area contributed by atoms with Gasteiger partial charge in [-0.1, -0.05) is 17.3 Å². The lowest BCUT2D eigenvalue weighted by Crippen LogP contribution is -2.39. The minimum absolute atomic E-state index is 0.0488. The highest BCUT2D eigenvalue weighted by molar-refractivity contribution is 5.77. The van der Waals surface area contributed by atoms with Gasteiger partial charge in [0.25, 0.3) is 0 Å². The second-order valence-electron chi connectivity index (χ2n) is 5.88. The van der Waals surface area contributed by atoms with Crippen molar-refractivity contribution in [2.75, 3.05) is 13.1 Å². The van der Waals surface area contributed by atoms with Gasteiger partial charge in [-0.25, -0.2) is 4.68 Å². The molecule has 0 spiro atoms. The van der Waals surface area contributed by atoms with Crippen molar-refractivity contribution in [3.8, 4) is 0 Å². The van der Waals surface area contributed by atoms with Gasteiger partial charge in [0, 0.05) is 25.9 Å². The fraction of sp³-hybridized carbons (Fsp3) is 0.500. The smallest absolute Gasteiger partial charge is 0.303 e. The van der Waals surface area contributed by atoms with E-state index < -0.39 is 5.97 Å². The number of carboxylic acids is 1. The monoisotopic (exact) mass is 316 g/mol. The maximum Gasteiger partial charge on any atom is 0.303 e. The minimum atomic E-state index is -0.852. The highest BCUT2D eigenvalue weighted by Gasteiger charge is 2.25. The Bertz CT molecular complexity index is 704. The summed E-state index contributed by atoms with van der Waals surface area (Å²) in [6, 6.07) is 8.13. The van der Waals surface area contributed by atoms with Crippen LogP contribution < -0.4 is 0 Å². The van der Waals surface area contributed by atoms with Crippen LogP contribution in [0.4, 0.5) is 0 Å². The molecule has 1 aliphatic rings. The Labute approximate surface area is 133 Å². The molecule has 1 aromatic carbocycles. The van der Waals surface area contributed by atoms with Crippen molar-refractivity contribution >= 4 is 22.9 Å². The molecule has 0 unspecified atom stereocenters.